The summed E-state index contributed by atoms with van der Waals surface area (Å²) in [6.45, 7) is 0. The molecule has 0 aliphatic rings. The third kappa shape index (κ3) is 5.05. The Balaban J connectivity index is 1.36. The minimum absolute atomic E-state index is 0.00836. The van der Waals surface area contributed by atoms with Gasteiger partial charge in [0.2, 0.25) is 11.6 Å². The van der Waals surface area contributed by atoms with Gasteiger partial charge in [0.15, 0.2) is 5.78 Å². The van der Waals surface area contributed by atoms with E-state index in [1.54, 1.807) is 30.6 Å². The summed E-state index contributed by atoms with van der Waals surface area (Å²) in [7, 11) is 0. The van der Waals surface area contributed by atoms with Crippen molar-refractivity contribution in [2.45, 2.75) is 25.1 Å². The van der Waals surface area contributed by atoms with Gasteiger partial charge in [-0.05, 0) is 5.56 Å². The van der Waals surface area contributed by atoms with Crippen LogP contribution in [0.25, 0.3) is 34.3 Å². The fourth-order valence-corrected chi connectivity index (χ4v) is 3.74. The highest BCUT2D eigenvalue weighted by Crippen LogP contribution is 2.43. The number of nitrogens with one attached hydrogen (secondary N) is 1. The van der Waals surface area contributed by atoms with Crippen molar-refractivity contribution in [1.82, 2.24) is 25.3 Å². The monoisotopic (exact) mass is 509 g/mol. The number of aliphatic hydroxyl groups is 1. The summed E-state index contributed by atoms with van der Waals surface area (Å²) in [5, 5.41) is 17.7. The van der Waals surface area contributed by atoms with E-state index in [-0.39, 0.29) is 23.6 Å². The van der Waals surface area contributed by atoms with Crippen molar-refractivity contribution in [2.24, 2.45) is 0 Å². The Labute approximate surface area is 207 Å². The molecule has 0 aliphatic heterocycles. The zero-order valence-electron chi connectivity index (χ0n) is 18.9. The topological polar surface area (TPSA) is 131 Å². The lowest BCUT2D eigenvalue weighted by Gasteiger charge is -2.10. The molecule has 0 fully saturated rings. The molecule has 3 heterocycles. The minimum atomic E-state index is -4.80. The van der Waals surface area contributed by atoms with Crippen LogP contribution in [-0.2, 0) is 17.4 Å². The lowest BCUT2D eigenvalue weighted by atomic mass is 10.0. The number of aliphatic hydroxyl groups excluding tert-OH is 1. The molecule has 1 atom stereocenters. The number of alkyl halides is 3. The fraction of sp³-hybridized carbons (Fsp3) is 0.160. The van der Waals surface area contributed by atoms with E-state index in [2.05, 4.69) is 25.3 Å². The number of benzene rings is 2. The zero-order valence-corrected chi connectivity index (χ0v) is 18.9. The second-order valence-electron chi connectivity index (χ2n) is 8.05. The van der Waals surface area contributed by atoms with Crippen LogP contribution in [0, 0.1) is 0 Å². The van der Waals surface area contributed by atoms with E-state index in [0.717, 1.165) is 0 Å². The van der Waals surface area contributed by atoms with Gasteiger partial charge < -0.3 is 19.1 Å². The second-order valence-corrected chi connectivity index (χ2v) is 8.05. The highest BCUT2D eigenvalue weighted by Gasteiger charge is 2.43. The molecule has 2 aromatic carbocycles. The Bertz CT molecular complexity index is 1490. The smallest absolute Gasteiger partial charge is 0.381 e. The summed E-state index contributed by atoms with van der Waals surface area (Å²) in [5.74, 6) is -0.940. The third-order valence-electron chi connectivity index (χ3n) is 5.60. The van der Waals surface area contributed by atoms with Crippen LogP contribution >= 0.6 is 0 Å². The molecule has 9 nitrogen and oxygen atoms in total. The number of carbonyl (C=O) groups excluding carboxylic acids is 1. The van der Waals surface area contributed by atoms with Crippen molar-refractivity contribution in [3.05, 3.63) is 83.9 Å². The summed E-state index contributed by atoms with van der Waals surface area (Å²) in [6, 6.07) is 13.9. The van der Waals surface area contributed by atoms with E-state index >= 15 is 0 Å². The molecule has 0 aliphatic carbocycles. The number of imidazole rings is 1. The van der Waals surface area contributed by atoms with Crippen LogP contribution in [0.5, 0.6) is 0 Å². The van der Waals surface area contributed by atoms with Gasteiger partial charge >= 0.3 is 6.18 Å². The van der Waals surface area contributed by atoms with Crippen molar-refractivity contribution in [1.29, 1.82) is 0 Å². The predicted octanol–water partition coefficient (Wildman–Crippen LogP) is 5.04. The van der Waals surface area contributed by atoms with E-state index in [9.17, 15) is 23.1 Å². The summed E-state index contributed by atoms with van der Waals surface area (Å²) >= 11 is 0. The number of halogens is 3. The standard InChI is InChI=1S/C25H18F3N5O4/c26-25(27,28)19-20(14-4-2-1-3-5-14)32-36-22(19)24-31-23(33-37-24)16-8-6-15(7-9-16)21(35)17(34)10-11-18-29-12-13-30-18/h1-9,12-13,21,35H,10-11H2,(H,29,30). The highest BCUT2D eigenvalue weighted by molar-refractivity contribution is 5.84. The van der Waals surface area contributed by atoms with E-state index in [4.69, 9.17) is 9.05 Å². The number of rotatable bonds is 8. The number of H-pyrrole nitrogens is 1. The van der Waals surface area contributed by atoms with Crippen LogP contribution in [0.3, 0.4) is 0 Å². The van der Waals surface area contributed by atoms with Gasteiger partial charge in [0.25, 0.3) is 5.89 Å². The largest absolute Gasteiger partial charge is 0.422 e. The molecule has 0 saturated heterocycles. The van der Waals surface area contributed by atoms with Crippen LogP contribution in [0.1, 0.15) is 29.5 Å². The van der Waals surface area contributed by atoms with Crippen LogP contribution in [0.4, 0.5) is 13.2 Å². The zero-order chi connectivity index (χ0) is 26.0. The number of nitrogens with zero attached hydrogens (tertiary/aromatic N) is 4. The number of ketones is 1. The first-order chi connectivity index (χ1) is 17.8. The quantitative estimate of drug-likeness (QED) is 0.298. The Kier molecular flexibility index (Phi) is 6.40. The normalized spacial score (nSPS) is 12.5. The molecule has 0 radical (unpaired) electrons. The maximum absolute atomic E-state index is 13.9. The average molecular weight is 509 g/mol. The van der Waals surface area contributed by atoms with E-state index in [1.807, 2.05) is 0 Å². The second kappa shape index (κ2) is 9.82. The first-order valence-corrected chi connectivity index (χ1v) is 11.1. The van der Waals surface area contributed by atoms with Crippen molar-refractivity contribution < 1.29 is 32.1 Å². The average Bonchev–Trinajstić information content (AvgIpc) is 3.67. The molecule has 188 valence electrons. The Morgan fingerprint density at radius 3 is 2.43 bits per heavy atom. The first-order valence-electron chi connectivity index (χ1n) is 11.1. The van der Waals surface area contributed by atoms with Crippen molar-refractivity contribution in [3.8, 4) is 34.3 Å². The van der Waals surface area contributed by atoms with Crippen LogP contribution in [0.2, 0.25) is 0 Å². The third-order valence-corrected chi connectivity index (χ3v) is 5.60. The van der Waals surface area contributed by atoms with E-state index in [0.29, 0.717) is 23.4 Å². The van der Waals surface area contributed by atoms with Gasteiger partial charge in [-0.1, -0.05) is 64.9 Å². The minimum Gasteiger partial charge on any atom is -0.381 e. The molecule has 5 rings (SSSR count). The van der Waals surface area contributed by atoms with Crippen molar-refractivity contribution in [3.63, 3.8) is 0 Å². The van der Waals surface area contributed by atoms with Gasteiger partial charge in [-0.25, -0.2) is 4.98 Å². The lowest BCUT2D eigenvalue weighted by molar-refractivity contribution is -0.137. The number of Topliss-reactive ketones (excluding diaryl/α,β-unsaturated/α-hetero) is 1. The number of hydrogen-bond acceptors (Lipinski definition) is 8. The molecule has 1 unspecified atom stereocenters. The van der Waals surface area contributed by atoms with Gasteiger partial charge in [-0.15, -0.1) is 0 Å². The Morgan fingerprint density at radius 2 is 1.76 bits per heavy atom. The molecular formula is C25H18F3N5O4. The summed E-state index contributed by atoms with van der Waals surface area (Å²) in [5.41, 5.74) is -0.555. The van der Waals surface area contributed by atoms with Crippen molar-refractivity contribution >= 4 is 5.78 Å². The van der Waals surface area contributed by atoms with E-state index in [1.165, 1.54) is 36.4 Å². The van der Waals surface area contributed by atoms with Gasteiger partial charge in [-0.3, -0.25) is 4.79 Å². The van der Waals surface area contributed by atoms with Gasteiger partial charge in [0.05, 0.1) is 0 Å². The molecule has 0 spiro atoms. The number of aromatic nitrogens is 5. The van der Waals surface area contributed by atoms with Crippen LogP contribution in [0.15, 0.2) is 76.0 Å². The van der Waals surface area contributed by atoms with Gasteiger partial charge in [0.1, 0.15) is 23.2 Å². The number of aromatic amines is 1. The van der Waals surface area contributed by atoms with Gasteiger partial charge in [0, 0.05) is 36.4 Å². The molecule has 2 N–H and O–H groups in total. The summed E-state index contributed by atoms with van der Waals surface area (Å²) in [6.07, 6.45) is -2.46. The maximum atomic E-state index is 13.9. The molecule has 0 saturated carbocycles. The number of carbonyl (C=O) groups is 1. The Morgan fingerprint density at radius 1 is 1.00 bits per heavy atom. The molecule has 0 amide bonds. The molecule has 12 heteroatoms. The van der Waals surface area contributed by atoms with Crippen LogP contribution < -0.4 is 0 Å². The van der Waals surface area contributed by atoms with Gasteiger partial charge in [-0.2, -0.15) is 18.2 Å². The number of hydrogen-bond donors (Lipinski definition) is 2. The summed E-state index contributed by atoms with van der Waals surface area (Å²) < 4.78 is 51.8. The molecule has 0 bridgehead atoms. The number of aryl methyl sites for hydroxylation is 1. The molecule has 37 heavy (non-hydrogen) atoms. The fourth-order valence-electron chi connectivity index (χ4n) is 3.74. The van der Waals surface area contributed by atoms with Crippen molar-refractivity contribution in [2.75, 3.05) is 0 Å². The predicted molar refractivity (Wildman–Crippen MR) is 123 cm³/mol. The highest BCUT2D eigenvalue weighted by atomic mass is 19.4. The maximum Gasteiger partial charge on any atom is 0.422 e. The lowest BCUT2D eigenvalue weighted by Crippen LogP contribution is -2.13. The first kappa shape index (κ1) is 24.1. The van der Waals surface area contributed by atoms with E-state index < -0.39 is 35.2 Å². The SMILES string of the molecule is O=C(CCc1ncc[nH]1)C(O)c1ccc(-c2noc(-c3onc(-c4ccccc4)c3C(F)(F)F)n2)cc1. The summed E-state index contributed by atoms with van der Waals surface area (Å²) in [4.78, 5) is 23.3. The van der Waals surface area contributed by atoms with Crippen LogP contribution in [-0.4, -0.2) is 36.2 Å². The Hall–Kier alpha value is -4.58. The molecular weight excluding hydrogens is 491 g/mol. The molecule has 3 aromatic heterocycles. The molecule has 5 aromatic rings.